The van der Waals surface area contributed by atoms with Crippen molar-refractivity contribution in [1.82, 2.24) is 19.8 Å². The quantitative estimate of drug-likeness (QED) is 0.879. The summed E-state index contributed by atoms with van der Waals surface area (Å²) >= 11 is 0. The largest absolute Gasteiger partial charge is 0.467 e. The lowest BCUT2D eigenvalue weighted by molar-refractivity contribution is 0.0313. The normalized spacial score (nSPS) is 17.7. The molecule has 132 valence electrons. The number of nitrogens with one attached hydrogen (secondary N) is 1. The summed E-state index contributed by atoms with van der Waals surface area (Å²) < 4.78 is 10.9. The lowest BCUT2D eigenvalue weighted by atomic mass is 10.2. The van der Waals surface area contributed by atoms with Crippen LogP contribution in [0.25, 0.3) is 0 Å². The van der Waals surface area contributed by atoms with E-state index in [2.05, 4.69) is 14.9 Å². The monoisotopic (exact) mass is 344 g/mol. The number of morpholine rings is 1. The van der Waals surface area contributed by atoms with Crippen LogP contribution in [0.3, 0.4) is 0 Å². The zero-order valence-electron chi connectivity index (χ0n) is 14.1. The van der Waals surface area contributed by atoms with Crippen molar-refractivity contribution in [2.24, 2.45) is 0 Å². The van der Waals surface area contributed by atoms with E-state index in [0.29, 0.717) is 35.7 Å². The van der Waals surface area contributed by atoms with Gasteiger partial charge in [0, 0.05) is 13.1 Å². The average Bonchev–Trinajstić information content (AvgIpc) is 3.22. The second-order valence-corrected chi connectivity index (χ2v) is 6.43. The molecule has 8 nitrogen and oxygen atoms in total. The third kappa shape index (κ3) is 3.22. The second-order valence-electron chi connectivity index (χ2n) is 6.43. The van der Waals surface area contributed by atoms with Crippen LogP contribution in [-0.4, -0.2) is 52.0 Å². The molecule has 0 unspecified atom stereocenters. The molecule has 2 aromatic rings. The Kier molecular flexibility index (Phi) is 4.14. The Hall–Kier alpha value is -2.45. The van der Waals surface area contributed by atoms with Gasteiger partial charge < -0.3 is 19.0 Å². The zero-order valence-corrected chi connectivity index (χ0v) is 14.1. The van der Waals surface area contributed by atoms with Gasteiger partial charge in [0.05, 0.1) is 49.7 Å². The van der Waals surface area contributed by atoms with Crippen LogP contribution in [-0.2, 0) is 24.4 Å². The van der Waals surface area contributed by atoms with Crippen LogP contribution in [0.15, 0.2) is 21.5 Å². The molecule has 2 aromatic heterocycles. The Balaban J connectivity index is 1.45. The number of aryl methyl sites for hydroxylation is 1. The Labute approximate surface area is 144 Å². The van der Waals surface area contributed by atoms with Gasteiger partial charge in [0.1, 0.15) is 17.8 Å². The second kappa shape index (κ2) is 6.45. The van der Waals surface area contributed by atoms with E-state index >= 15 is 0 Å². The number of furan rings is 1. The molecule has 25 heavy (non-hydrogen) atoms. The SMILES string of the molecule is Cc1nc2c(c(=O)[nH]1)CN(C(=O)c1coc(CN3CCOCC3)c1)C2. The molecule has 0 radical (unpaired) electrons. The third-order valence-electron chi connectivity index (χ3n) is 4.58. The topological polar surface area (TPSA) is 91.7 Å². The van der Waals surface area contributed by atoms with E-state index < -0.39 is 0 Å². The number of nitrogens with zero attached hydrogens (tertiary/aromatic N) is 3. The number of rotatable bonds is 3. The Morgan fingerprint density at radius 3 is 2.92 bits per heavy atom. The molecule has 2 aliphatic rings. The van der Waals surface area contributed by atoms with Gasteiger partial charge in [-0.25, -0.2) is 4.98 Å². The molecule has 1 saturated heterocycles. The number of amides is 1. The summed E-state index contributed by atoms with van der Waals surface area (Å²) in [5.74, 6) is 1.18. The maximum atomic E-state index is 12.7. The van der Waals surface area contributed by atoms with E-state index in [-0.39, 0.29) is 18.0 Å². The van der Waals surface area contributed by atoms with Gasteiger partial charge in [-0.3, -0.25) is 14.5 Å². The van der Waals surface area contributed by atoms with Crippen molar-refractivity contribution in [3.05, 3.63) is 51.1 Å². The van der Waals surface area contributed by atoms with E-state index in [9.17, 15) is 9.59 Å². The number of aromatic nitrogens is 2. The molecule has 1 N–H and O–H groups in total. The summed E-state index contributed by atoms with van der Waals surface area (Å²) in [5, 5.41) is 0. The van der Waals surface area contributed by atoms with Gasteiger partial charge in [-0.15, -0.1) is 0 Å². The summed E-state index contributed by atoms with van der Waals surface area (Å²) in [5.41, 5.74) is 1.57. The van der Waals surface area contributed by atoms with E-state index in [1.165, 1.54) is 6.26 Å². The van der Waals surface area contributed by atoms with E-state index in [0.717, 1.165) is 32.1 Å². The summed E-state index contributed by atoms with van der Waals surface area (Å²) in [6, 6.07) is 1.78. The fourth-order valence-electron chi connectivity index (χ4n) is 3.27. The first-order valence-corrected chi connectivity index (χ1v) is 8.35. The molecule has 0 aliphatic carbocycles. The molecule has 2 aliphatic heterocycles. The van der Waals surface area contributed by atoms with Crippen LogP contribution in [0, 0.1) is 6.92 Å². The first-order valence-electron chi connectivity index (χ1n) is 8.35. The molecule has 0 aromatic carbocycles. The van der Waals surface area contributed by atoms with Crippen molar-refractivity contribution in [3.8, 4) is 0 Å². The van der Waals surface area contributed by atoms with E-state index in [1.807, 2.05) is 0 Å². The first-order chi connectivity index (χ1) is 12.1. The summed E-state index contributed by atoms with van der Waals surface area (Å²) in [4.78, 5) is 35.6. The van der Waals surface area contributed by atoms with Crippen molar-refractivity contribution in [2.75, 3.05) is 26.3 Å². The molecular weight excluding hydrogens is 324 g/mol. The fourth-order valence-corrected chi connectivity index (χ4v) is 3.27. The molecule has 8 heteroatoms. The molecule has 1 fully saturated rings. The van der Waals surface area contributed by atoms with Gasteiger partial charge in [-0.05, 0) is 13.0 Å². The van der Waals surface area contributed by atoms with E-state index in [4.69, 9.17) is 9.15 Å². The third-order valence-corrected chi connectivity index (χ3v) is 4.58. The number of ether oxygens (including phenoxy) is 1. The number of H-pyrrole nitrogens is 1. The van der Waals surface area contributed by atoms with Crippen LogP contribution in [0.2, 0.25) is 0 Å². The van der Waals surface area contributed by atoms with E-state index in [1.54, 1.807) is 17.9 Å². The Morgan fingerprint density at radius 2 is 2.12 bits per heavy atom. The molecule has 0 spiro atoms. The van der Waals surface area contributed by atoms with Crippen LogP contribution in [0.4, 0.5) is 0 Å². The highest BCUT2D eigenvalue weighted by atomic mass is 16.5. The summed E-state index contributed by atoms with van der Waals surface area (Å²) in [6.45, 7) is 6.19. The molecule has 4 heterocycles. The van der Waals surface area contributed by atoms with Gasteiger partial charge >= 0.3 is 0 Å². The Bertz CT molecular complexity index is 851. The van der Waals surface area contributed by atoms with Crippen molar-refractivity contribution in [1.29, 1.82) is 0 Å². The zero-order chi connectivity index (χ0) is 17.4. The van der Waals surface area contributed by atoms with Gasteiger partial charge in [-0.2, -0.15) is 0 Å². The smallest absolute Gasteiger partial charge is 0.257 e. The molecular formula is C17H20N4O4. The highest BCUT2D eigenvalue weighted by Gasteiger charge is 2.28. The van der Waals surface area contributed by atoms with Crippen molar-refractivity contribution in [2.45, 2.75) is 26.6 Å². The predicted molar refractivity (Wildman–Crippen MR) is 88.0 cm³/mol. The van der Waals surface area contributed by atoms with Gasteiger partial charge in [0.25, 0.3) is 11.5 Å². The van der Waals surface area contributed by atoms with Crippen molar-refractivity contribution >= 4 is 5.91 Å². The molecule has 0 atom stereocenters. The fraction of sp³-hybridized carbons (Fsp3) is 0.471. The van der Waals surface area contributed by atoms with Crippen LogP contribution in [0.1, 0.15) is 33.2 Å². The van der Waals surface area contributed by atoms with Crippen LogP contribution >= 0.6 is 0 Å². The lowest BCUT2D eigenvalue weighted by Crippen LogP contribution is -2.35. The van der Waals surface area contributed by atoms with Crippen LogP contribution < -0.4 is 5.56 Å². The number of aromatic amines is 1. The average molecular weight is 344 g/mol. The minimum atomic E-state index is -0.169. The Morgan fingerprint density at radius 1 is 1.32 bits per heavy atom. The van der Waals surface area contributed by atoms with Gasteiger partial charge in [-0.1, -0.05) is 0 Å². The number of hydrogen-bond acceptors (Lipinski definition) is 6. The highest BCUT2D eigenvalue weighted by molar-refractivity contribution is 5.94. The maximum absolute atomic E-state index is 12.7. The lowest BCUT2D eigenvalue weighted by Gasteiger charge is -2.25. The predicted octanol–water partition coefficient (Wildman–Crippen LogP) is 0.660. The standard InChI is InChI=1S/C17H20N4O4/c1-11-18-15-9-21(8-14(15)16(22)19-11)17(23)12-6-13(25-10-12)7-20-2-4-24-5-3-20/h6,10H,2-5,7-9H2,1H3,(H,18,19,22). The van der Waals surface area contributed by atoms with Crippen molar-refractivity contribution < 1.29 is 13.9 Å². The summed E-state index contributed by atoms with van der Waals surface area (Å²) in [6.07, 6.45) is 1.49. The van der Waals surface area contributed by atoms with Gasteiger partial charge in [0.2, 0.25) is 0 Å². The highest BCUT2D eigenvalue weighted by Crippen LogP contribution is 2.21. The van der Waals surface area contributed by atoms with Crippen molar-refractivity contribution in [3.63, 3.8) is 0 Å². The first kappa shape index (κ1) is 16.0. The van der Waals surface area contributed by atoms with Crippen LogP contribution in [0.5, 0.6) is 0 Å². The summed E-state index contributed by atoms with van der Waals surface area (Å²) in [7, 11) is 0. The molecule has 0 bridgehead atoms. The minimum Gasteiger partial charge on any atom is -0.467 e. The number of fused-ring (bicyclic) bond motifs is 1. The molecule has 1 amide bonds. The number of hydrogen-bond donors (Lipinski definition) is 1. The molecule has 0 saturated carbocycles. The molecule has 4 rings (SSSR count). The minimum absolute atomic E-state index is 0.146. The van der Waals surface area contributed by atoms with Gasteiger partial charge in [0.15, 0.2) is 0 Å². The number of carbonyl (C=O) groups excluding carboxylic acids is 1. The maximum Gasteiger partial charge on any atom is 0.257 e. The number of carbonyl (C=O) groups is 1.